The Morgan fingerprint density at radius 2 is 2.28 bits per heavy atom. The molecule has 1 aromatic carbocycles. The average molecular weight is 247 g/mol. The molecule has 0 unspecified atom stereocenters. The van der Waals surface area contributed by atoms with Crippen LogP contribution in [0.1, 0.15) is 24.5 Å². The van der Waals surface area contributed by atoms with Gasteiger partial charge in [-0.2, -0.15) is 0 Å². The first kappa shape index (κ1) is 12.9. The second kappa shape index (κ2) is 5.87. The van der Waals surface area contributed by atoms with E-state index in [0.29, 0.717) is 13.0 Å². The number of rotatable bonds is 4. The Balaban J connectivity index is 1.89. The molecule has 4 nitrogen and oxygen atoms in total. The fraction of sp³-hybridized carbons (Fsp3) is 0.500. The third-order valence-electron chi connectivity index (χ3n) is 3.35. The van der Waals surface area contributed by atoms with Crippen LogP contribution in [0.5, 0.6) is 0 Å². The first-order chi connectivity index (χ1) is 8.69. The van der Waals surface area contributed by atoms with Crippen molar-refractivity contribution in [2.75, 3.05) is 25.4 Å². The first-order valence-corrected chi connectivity index (χ1v) is 6.55. The zero-order valence-corrected chi connectivity index (χ0v) is 10.9. The molecule has 0 fully saturated rings. The first-order valence-electron chi connectivity index (χ1n) is 6.55. The maximum Gasteiger partial charge on any atom is 0.221 e. The second-order valence-electron chi connectivity index (χ2n) is 4.76. The number of nitrogens with zero attached hydrogens (tertiary/aromatic N) is 1. The predicted octanol–water partition coefficient (Wildman–Crippen LogP) is 1.15. The molecule has 0 saturated heterocycles. The monoisotopic (exact) mass is 247 g/mol. The lowest BCUT2D eigenvalue weighted by atomic mass is 9.99. The minimum absolute atomic E-state index is 0.135. The van der Waals surface area contributed by atoms with Gasteiger partial charge in [-0.1, -0.05) is 6.07 Å². The number of carbonyl (C=O) groups is 1. The maximum atomic E-state index is 11.4. The van der Waals surface area contributed by atoms with Gasteiger partial charge in [0.25, 0.3) is 0 Å². The highest BCUT2D eigenvalue weighted by atomic mass is 16.1. The van der Waals surface area contributed by atoms with E-state index in [4.69, 9.17) is 5.73 Å². The quantitative estimate of drug-likeness (QED) is 0.785. The van der Waals surface area contributed by atoms with Gasteiger partial charge in [0.2, 0.25) is 5.91 Å². The zero-order valence-electron chi connectivity index (χ0n) is 10.9. The van der Waals surface area contributed by atoms with Gasteiger partial charge in [-0.25, -0.2) is 0 Å². The molecule has 0 aliphatic carbocycles. The molecule has 1 aliphatic heterocycles. The van der Waals surface area contributed by atoms with Crippen LogP contribution < -0.4 is 11.1 Å². The van der Waals surface area contributed by atoms with Crippen molar-refractivity contribution in [3.05, 3.63) is 29.3 Å². The van der Waals surface area contributed by atoms with Crippen LogP contribution in [-0.2, 0) is 17.8 Å². The largest absolute Gasteiger partial charge is 0.399 e. The van der Waals surface area contributed by atoms with E-state index in [1.54, 1.807) is 0 Å². The van der Waals surface area contributed by atoms with Gasteiger partial charge >= 0.3 is 0 Å². The van der Waals surface area contributed by atoms with E-state index in [-0.39, 0.29) is 5.91 Å². The van der Waals surface area contributed by atoms with Gasteiger partial charge in [0.15, 0.2) is 0 Å². The van der Waals surface area contributed by atoms with Crippen molar-refractivity contribution in [2.45, 2.75) is 26.3 Å². The molecule has 18 heavy (non-hydrogen) atoms. The Morgan fingerprint density at radius 3 is 3.06 bits per heavy atom. The fourth-order valence-electron chi connectivity index (χ4n) is 2.37. The van der Waals surface area contributed by atoms with Crippen LogP contribution in [0.3, 0.4) is 0 Å². The second-order valence-corrected chi connectivity index (χ2v) is 4.76. The summed E-state index contributed by atoms with van der Waals surface area (Å²) in [5, 5.41) is 2.83. The lowest BCUT2D eigenvalue weighted by Gasteiger charge is -2.28. The molecule has 0 aromatic heterocycles. The number of hydrogen-bond donors (Lipinski definition) is 2. The highest BCUT2D eigenvalue weighted by Crippen LogP contribution is 2.21. The number of benzene rings is 1. The smallest absolute Gasteiger partial charge is 0.221 e. The molecular weight excluding hydrogens is 226 g/mol. The Labute approximate surface area is 108 Å². The lowest BCUT2D eigenvalue weighted by molar-refractivity contribution is -0.121. The van der Waals surface area contributed by atoms with Crippen molar-refractivity contribution >= 4 is 11.6 Å². The van der Waals surface area contributed by atoms with Gasteiger partial charge in [-0.05, 0) is 36.6 Å². The number of hydrogen-bond acceptors (Lipinski definition) is 3. The normalized spacial score (nSPS) is 15.2. The fourth-order valence-corrected chi connectivity index (χ4v) is 2.37. The van der Waals surface area contributed by atoms with Crippen molar-refractivity contribution in [3.63, 3.8) is 0 Å². The van der Waals surface area contributed by atoms with Crippen LogP contribution in [0.4, 0.5) is 5.69 Å². The third kappa shape index (κ3) is 3.23. The van der Waals surface area contributed by atoms with Crippen molar-refractivity contribution in [3.8, 4) is 0 Å². The minimum Gasteiger partial charge on any atom is -0.399 e. The zero-order chi connectivity index (χ0) is 13.0. The topological polar surface area (TPSA) is 58.4 Å². The molecule has 3 N–H and O–H groups in total. The van der Waals surface area contributed by atoms with Gasteiger partial charge in [0.05, 0.1) is 0 Å². The molecular formula is C14H21N3O. The molecule has 1 aromatic rings. The Morgan fingerprint density at radius 1 is 1.44 bits per heavy atom. The van der Waals surface area contributed by atoms with E-state index >= 15 is 0 Å². The van der Waals surface area contributed by atoms with Crippen molar-refractivity contribution in [1.82, 2.24) is 10.2 Å². The van der Waals surface area contributed by atoms with Crippen LogP contribution in [0.25, 0.3) is 0 Å². The minimum atomic E-state index is 0.135. The highest BCUT2D eigenvalue weighted by molar-refractivity contribution is 5.75. The molecule has 0 saturated carbocycles. The van der Waals surface area contributed by atoms with Gasteiger partial charge in [0.1, 0.15) is 0 Å². The average Bonchev–Trinajstić information content (AvgIpc) is 2.36. The van der Waals surface area contributed by atoms with Crippen LogP contribution in [0, 0.1) is 0 Å². The number of nitrogens with one attached hydrogen (secondary N) is 1. The summed E-state index contributed by atoms with van der Waals surface area (Å²) < 4.78 is 0. The van der Waals surface area contributed by atoms with Crippen LogP contribution >= 0.6 is 0 Å². The van der Waals surface area contributed by atoms with Crippen LogP contribution in [-0.4, -0.2) is 30.4 Å². The van der Waals surface area contributed by atoms with Crippen LogP contribution in [0.15, 0.2) is 18.2 Å². The number of nitrogen functional groups attached to an aromatic ring is 1. The molecule has 2 rings (SSSR count). The molecule has 0 radical (unpaired) electrons. The summed E-state index contributed by atoms with van der Waals surface area (Å²) in [7, 11) is 0. The summed E-state index contributed by atoms with van der Waals surface area (Å²) in [5.74, 6) is 0.135. The van der Waals surface area contributed by atoms with E-state index in [1.807, 2.05) is 19.1 Å². The highest BCUT2D eigenvalue weighted by Gasteiger charge is 2.16. The maximum absolute atomic E-state index is 11.4. The van der Waals surface area contributed by atoms with Gasteiger partial charge in [0, 0.05) is 38.3 Å². The van der Waals surface area contributed by atoms with Gasteiger partial charge in [-0.3, -0.25) is 9.69 Å². The van der Waals surface area contributed by atoms with Crippen molar-refractivity contribution in [2.24, 2.45) is 0 Å². The van der Waals surface area contributed by atoms with E-state index in [2.05, 4.69) is 16.3 Å². The Kier molecular flexibility index (Phi) is 4.20. The molecule has 0 spiro atoms. The third-order valence-corrected chi connectivity index (χ3v) is 3.35. The Bertz CT molecular complexity index is 431. The van der Waals surface area contributed by atoms with E-state index < -0.39 is 0 Å². The molecule has 1 aliphatic rings. The number of nitrogens with two attached hydrogens (primary N) is 1. The molecule has 98 valence electrons. The van der Waals surface area contributed by atoms with Crippen molar-refractivity contribution < 1.29 is 4.79 Å². The van der Waals surface area contributed by atoms with Gasteiger partial charge in [-0.15, -0.1) is 0 Å². The summed E-state index contributed by atoms with van der Waals surface area (Å²) in [4.78, 5) is 13.7. The SMILES string of the molecule is CCNC(=O)CCN1CCc2ccc(N)cc2C1. The molecule has 1 heterocycles. The Hall–Kier alpha value is -1.55. The lowest BCUT2D eigenvalue weighted by Crippen LogP contribution is -2.34. The summed E-state index contributed by atoms with van der Waals surface area (Å²) in [6.07, 6.45) is 1.62. The summed E-state index contributed by atoms with van der Waals surface area (Å²) in [6.45, 7) is 5.40. The molecule has 1 amide bonds. The van der Waals surface area contributed by atoms with E-state index in [0.717, 1.165) is 31.7 Å². The van der Waals surface area contributed by atoms with Crippen molar-refractivity contribution in [1.29, 1.82) is 0 Å². The number of carbonyl (C=O) groups excluding carboxylic acids is 1. The van der Waals surface area contributed by atoms with Gasteiger partial charge < -0.3 is 11.1 Å². The molecule has 4 heteroatoms. The number of fused-ring (bicyclic) bond motifs is 1. The van der Waals surface area contributed by atoms with E-state index in [9.17, 15) is 4.79 Å². The van der Waals surface area contributed by atoms with E-state index in [1.165, 1.54) is 11.1 Å². The predicted molar refractivity (Wildman–Crippen MR) is 73.1 cm³/mol. The summed E-state index contributed by atoms with van der Waals surface area (Å²) in [5.41, 5.74) is 9.32. The standard InChI is InChI=1S/C14H21N3O/c1-2-16-14(18)6-8-17-7-5-11-3-4-13(15)9-12(11)10-17/h3-4,9H,2,5-8,10,15H2,1H3,(H,16,18). The summed E-state index contributed by atoms with van der Waals surface area (Å²) in [6, 6.07) is 6.13. The number of amides is 1. The van der Waals surface area contributed by atoms with Crippen LogP contribution in [0.2, 0.25) is 0 Å². The molecule has 0 bridgehead atoms. The summed E-state index contributed by atoms with van der Waals surface area (Å²) >= 11 is 0. The number of anilines is 1. The molecule has 0 atom stereocenters.